The molecule has 0 aliphatic heterocycles. The third-order valence-corrected chi connectivity index (χ3v) is 4.83. The lowest BCUT2D eigenvalue weighted by Crippen LogP contribution is -2.43. The first-order valence-electron chi connectivity index (χ1n) is 6.33. The summed E-state index contributed by atoms with van der Waals surface area (Å²) in [7, 11) is -3.66. The van der Waals surface area contributed by atoms with Crippen LogP contribution in [0.1, 0.15) is 20.3 Å². The van der Waals surface area contributed by atoms with Gasteiger partial charge < -0.3 is 5.11 Å². The van der Waals surface area contributed by atoms with Crippen molar-refractivity contribution in [3.05, 3.63) is 36.7 Å². The zero-order chi connectivity index (χ0) is 14.8. The van der Waals surface area contributed by atoms with Crippen molar-refractivity contribution in [2.24, 2.45) is 0 Å². The van der Waals surface area contributed by atoms with Crippen LogP contribution in [0, 0.1) is 0 Å². The molecule has 0 amide bonds. The Hall–Kier alpha value is -1.50. The summed E-state index contributed by atoms with van der Waals surface area (Å²) in [6, 6.07) is 6.76. The van der Waals surface area contributed by atoms with Gasteiger partial charge in [0.05, 0.1) is 4.90 Å². The molecule has 0 saturated heterocycles. The Bertz CT molecular complexity index is 706. The second kappa shape index (κ2) is 5.47. The van der Waals surface area contributed by atoms with E-state index in [0.717, 1.165) is 5.39 Å². The van der Waals surface area contributed by atoms with E-state index in [1.165, 1.54) is 0 Å². The van der Waals surface area contributed by atoms with Crippen LogP contribution >= 0.6 is 0 Å². The fourth-order valence-electron chi connectivity index (χ4n) is 2.08. The summed E-state index contributed by atoms with van der Waals surface area (Å²) in [5.74, 6) is 0. The monoisotopic (exact) mass is 294 g/mol. The third kappa shape index (κ3) is 3.15. The SMILES string of the molecule is CC(C)(CCO)NS(=O)(=O)c1cccc2cnccc12. The lowest BCUT2D eigenvalue weighted by atomic mass is 10.0. The van der Waals surface area contributed by atoms with Gasteiger partial charge >= 0.3 is 0 Å². The Morgan fingerprint density at radius 3 is 2.75 bits per heavy atom. The Kier molecular flexibility index (Phi) is 4.08. The van der Waals surface area contributed by atoms with E-state index in [1.54, 1.807) is 44.4 Å². The summed E-state index contributed by atoms with van der Waals surface area (Å²) in [4.78, 5) is 4.22. The van der Waals surface area contributed by atoms with Crippen LogP contribution < -0.4 is 4.72 Å². The second-order valence-electron chi connectivity index (χ2n) is 5.32. The summed E-state index contributed by atoms with van der Waals surface area (Å²) >= 11 is 0. The summed E-state index contributed by atoms with van der Waals surface area (Å²) < 4.78 is 27.7. The molecule has 0 radical (unpaired) electrons. The zero-order valence-corrected chi connectivity index (χ0v) is 12.3. The van der Waals surface area contributed by atoms with Crippen molar-refractivity contribution in [3.8, 4) is 0 Å². The van der Waals surface area contributed by atoms with Gasteiger partial charge in [0, 0.05) is 35.3 Å². The molecular formula is C14H18N2O3S. The van der Waals surface area contributed by atoms with Crippen molar-refractivity contribution in [2.45, 2.75) is 30.7 Å². The van der Waals surface area contributed by atoms with Crippen LogP contribution in [0.3, 0.4) is 0 Å². The van der Waals surface area contributed by atoms with E-state index in [4.69, 9.17) is 5.11 Å². The van der Waals surface area contributed by atoms with Gasteiger partial charge in [0.25, 0.3) is 0 Å². The normalized spacial score (nSPS) is 12.8. The molecule has 0 aliphatic rings. The van der Waals surface area contributed by atoms with Crippen molar-refractivity contribution < 1.29 is 13.5 Å². The van der Waals surface area contributed by atoms with Gasteiger partial charge in [-0.1, -0.05) is 12.1 Å². The van der Waals surface area contributed by atoms with Gasteiger partial charge in [0.2, 0.25) is 10.0 Å². The highest BCUT2D eigenvalue weighted by molar-refractivity contribution is 7.89. The van der Waals surface area contributed by atoms with Crippen molar-refractivity contribution in [3.63, 3.8) is 0 Å². The summed E-state index contributed by atoms with van der Waals surface area (Å²) in [5, 5.41) is 10.4. The molecule has 5 nitrogen and oxygen atoms in total. The largest absolute Gasteiger partial charge is 0.396 e. The molecule has 6 heteroatoms. The number of hydrogen-bond acceptors (Lipinski definition) is 4. The number of pyridine rings is 1. The van der Waals surface area contributed by atoms with Gasteiger partial charge in [-0.05, 0) is 32.4 Å². The number of hydrogen-bond donors (Lipinski definition) is 2. The molecule has 0 saturated carbocycles. The maximum Gasteiger partial charge on any atom is 0.241 e. The van der Waals surface area contributed by atoms with E-state index < -0.39 is 15.6 Å². The highest BCUT2D eigenvalue weighted by atomic mass is 32.2. The number of rotatable bonds is 5. The Morgan fingerprint density at radius 1 is 1.30 bits per heavy atom. The number of sulfonamides is 1. The second-order valence-corrected chi connectivity index (χ2v) is 6.97. The highest BCUT2D eigenvalue weighted by Crippen LogP contribution is 2.23. The summed E-state index contributed by atoms with van der Waals surface area (Å²) in [6.07, 6.45) is 3.55. The fourth-order valence-corrected chi connectivity index (χ4v) is 3.75. The van der Waals surface area contributed by atoms with E-state index >= 15 is 0 Å². The number of fused-ring (bicyclic) bond motifs is 1. The Morgan fingerprint density at radius 2 is 2.05 bits per heavy atom. The molecule has 20 heavy (non-hydrogen) atoms. The van der Waals surface area contributed by atoms with Gasteiger partial charge in [-0.3, -0.25) is 4.98 Å². The van der Waals surface area contributed by atoms with Crippen LogP contribution in [0.2, 0.25) is 0 Å². The van der Waals surface area contributed by atoms with Crippen molar-refractivity contribution in [1.29, 1.82) is 0 Å². The minimum Gasteiger partial charge on any atom is -0.396 e. The molecule has 2 N–H and O–H groups in total. The van der Waals surface area contributed by atoms with Crippen LogP contribution in [0.5, 0.6) is 0 Å². The molecule has 0 fully saturated rings. The van der Waals surface area contributed by atoms with Crippen LogP contribution in [0.15, 0.2) is 41.6 Å². The van der Waals surface area contributed by atoms with Crippen molar-refractivity contribution in [2.75, 3.05) is 6.61 Å². The lowest BCUT2D eigenvalue weighted by Gasteiger charge is -2.25. The quantitative estimate of drug-likeness (QED) is 0.879. The highest BCUT2D eigenvalue weighted by Gasteiger charge is 2.26. The van der Waals surface area contributed by atoms with E-state index in [2.05, 4.69) is 9.71 Å². The van der Waals surface area contributed by atoms with Crippen LogP contribution in [0.25, 0.3) is 10.8 Å². The smallest absolute Gasteiger partial charge is 0.241 e. The predicted octanol–water partition coefficient (Wildman–Crippen LogP) is 1.67. The van der Waals surface area contributed by atoms with Crippen LogP contribution in [-0.4, -0.2) is 30.7 Å². The van der Waals surface area contributed by atoms with Crippen LogP contribution in [-0.2, 0) is 10.0 Å². The average Bonchev–Trinajstić information content (AvgIpc) is 2.36. The number of nitrogens with zero attached hydrogens (tertiary/aromatic N) is 1. The molecular weight excluding hydrogens is 276 g/mol. The van der Waals surface area contributed by atoms with Gasteiger partial charge in [0.15, 0.2) is 0 Å². The van der Waals surface area contributed by atoms with Gasteiger partial charge in [-0.15, -0.1) is 0 Å². The molecule has 1 aromatic carbocycles. The van der Waals surface area contributed by atoms with Gasteiger partial charge in [-0.2, -0.15) is 0 Å². The predicted molar refractivity (Wildman–Crippen MR) is 77.8 cm³/mol. The molecule has 0 bridgehead atoms. The van der Waals surface area contributed by atoms with E-state index in [1.807, 2.05) is 6.07 Å². The topological polar surface area (TPSA) is 79.3 Å². The number of aliphatic hydroxyl groups excluding tert-OH is 1. The van der Waals surface area contributed by atoms with Crippen molar-refractivity contribution in [1.82, 2.24) is 9.71 Å². The first-order valence-corrected chi connectivity index (χ1v) is 7.82. The molecule has 0 unspecified atom stereocenters. The first kappa shape index (κ1) is 14.9. The number of nitrogens with one attached hydrogen (secondary N) is 1. The Labute approximate surface area is 118 Å². The molecule has 1 aromatic heterocycles. The zero-order valence-electron chi connectivity index (χ0n) is 11.5. The molecule has 108 valence electrons. The maximum atomic E-state index is 12.5. The van der Waals surface area contributed by atoms with E-state index in [0.29, 0.717) is 11.8 Å². The maximum absolute atomic E-state index is 12.5. The third-order valence-electron chi connectivity index (χ3n) is 3.08. The molecule has 2 aromatic rings. The molecule has 0 aliphatic carbocycles. The molecule has 2 rings (SSSR count). The number of benzene rings is 1. The van der Waals surface area contributed by atoms with E-state index in [-0.39, 0.29) is 11.5 Å². The molecule has 0 spiro atoms. The van der Waals surface area contributed by atoms with Gasteiger partial charge in [0.1, 0.15) is 0 Å². The summed E-state index contributed by atoms with van der Waals surface area (Å²) in [5.41, 5.74) is -0.706. The van der Waals surface area contributed by atoms with Crippen LogP contribution in [0.4, 0.5) is 0 Å². The minimum absolute atomic E-state index is 0.0744. The number of aliphatic hydroxyl groups is 1. The van der Waals surface area contributed by atoms with Crippen molar-refractivity contribution >= 4 is 20.8 Å². The number of aromatic nitrogens is 1. The summed E-state index contributed by atoms with van der Waals surface area (Å²) in [6.45, 7) is 3.41. The standard InChI is InChI=1S/C14H18N2O3S/c1-14(2,7-9-17)16-20(18,19)13-5-3-4-11-10-15-8-6-12(11)13/h3-6,8,10,16-17H,7,9H2,1-2H3. The Balaban J connectivity index is 2.47. The fraction of sp³-hybridized carbons (Fsp3) is 0.357. The molecule has 0 atom stereocenters. The lowest BCUT2D eigenvalue weighted by molar-refractivity contribution is 0.246. The van der Waals surface area contributed by atoms with E-state index in [9.17, 15) is 8.42 Å². The average molecular weight is 294 g/mol. The minimum atomic E-state index is -3.66. The first-order chi connectivity index (χ1) is 9.36. The molecule has 1 heterocycles. The van der Waals surface area contributed by atoms with Gasteiger partial charge in [-0.25, -0.2) is 13.1 Å².